The van der Waals surface area contributed by atoms with Crippen molar-refractivity contribution in [2.75, 3.05) is 11.8 Å². The van der Waals surface area contributed by atoms with Crippen LogP contribution in [0.4, 0.5) is 5.69 Å². The van der Waals surface area contributed by atoms with Gasteiger partial charge in [-0.3, -0.25) is 9.71 Å². The quantitative estimate of drug-likeness (QED) is 0.737. The molecule has 0 saturated carbocycles. The first-order valence-electron chi connectivity index (χ1n) is 7.05. The molecule has 0 saturated heterocycles. The molecule has 7 heteroatoms. The highest BCUT2D eigenvalue weighted by atomic mass is 32.2. The highest BCUT2D eigenvalue weighted by Crippen LogP contribution is 2.24. The third kappa shape index (κ3) is 3.07. The summed E-state index contributed by atoms with van der Waals surface area (Å²) in [4.78, 5) is 15.6. The van der Waals surface area contributed by atoms with Gasteiger partial charge in [0.05, 0.1) is 17.6 Å². The lowest BCUT2D eigenvalue weighted by Crippen LogP contribution is -2.13. The Balaban J connectivity index is 1.95. The fourth-order valence-electron chi connectivity index (χ4n) is 2.33. The van der Waals surface area contributed by atoms with Crippen LogP contribution in [0, 0.1) is 0 Å². The van der Waals surface area contributed by atoms with Crippen molar-refractivity contribution < 1.29 is 17.9 Å². The summed E-state index contributed by atoms with van der Waals surface area (Å²) in [6.07, 6.45) is 3.16. The second-order valence-electron chi connectivity index (χ2n) is 5.03. The Morgan fingerprint density at radius 3 is 2.54 bits per heavy atom. The third-order valence-corrected chi connectivity index (χ3v) is 4.93. The number of nitrogens with one attached hydrogen (secondary N) is 1. The van der Waals surface area contributed by atoms with Gasteiger partial charge in [-0.25, -0.2) is 13.2 Å². The second kappa shape index (κ2) is 6.29. The largest absolute Gasteiger partial charge is 0.465 e. The van der Waals surface area contributed by atoms with Gasteiger partial charge in [-0.15, -0.1) is 0 Å². The molecule has 0 bridgehead atoms. The highest BCUT2D eigenvalue weighted by molar-refractivity contribution is 7.93. The minimum atomic E-state index is -3.77. The van der Waals surface area contributed by atoms with E-state index in [2.05, 4.69) is 14.4 Å². The maximum absolute atomic E-state index is 12.7. The Morgan fingerprint density at radius 2 is 1.83 bits per heavy atom. The van der Waals surface area contributed by atoms with E-state index in [9.17, 15) is 13.2 Å². The first-order chi connectivity index (χ1) is 11.5. The second-order valence-corrected chi connectivity index (χ2v) is 6.68. The number of esters is 1. The van der Waals surface area contributed by atoms with Gasteiger partial charge in [-0.05, 0) is 36.4 Å². The predicted octanol–water partition coefficient (Wildman–Crippen LogP) is 2.82. The number of hydrogen-bond acceptors (Lipinski definition) is 5. The van der Waals surface area contributed by atoms with Gasteiger partial charge in [0, 0.05) is 28.9 Å². The minimum absolute atomic E-state index is 0.166. The number of methoxy groups -OCH3 is 1. The molecule has 24 heavy (non-hydrogen) atoms. The molecular formula is C17H14N2O4S. The first-order valence-corrected chi connectivity index (χ1v) is 8.53. The molecule has 1 heterocycles. The zero-order valence-electron chi connectivity index (χ0n) is 12.8. The van der Waals surface area contributed by atoms with Gasteiger partial charge < -0.3 is 4.74 Å². The number of anilines is 1. The van der Waals surface area contributed by atoms with Crippen molar-refractivity contribution in [3.8, 4) is 0 Å². The molecule has 2 aromatic carbocycles. The van der Waals surface area contributed by atoms with Crippen molar-refractivity contribution >= 4 is 32.5 Å². The summed E-state index contributed by atoms with van der Waals surface area (Å²) in [6.45, 7) is 0. The molecule has 1 aromatic heterocycles. The van der Waals surface area contributed by atoms with Crippen molar-refractivity contribution in [2.24, 2.45) is 0 Å². The smallest absolute Gasteiger partial charge is 0.337 e. The Labute approximate surface area is 139 Å². The van der Waals surface area contributed by atoms with Gasteiger partial charge in [-0.2, -0.15) is 0 Å². The SMILES string of the molecule is COC(=O)c1ccc(NS(=O)(=O)c2cccc3cnccc23)cc1. The monoisotopic (exact) mass is 342 g/mol. The topological polar surface area (TPSA) is 85.4 Å². The van der Waals surface area contributed by atoms with Crippen molar-refractivity contribution in [2.45, 2.75) is 4.90 Å². The van der Waals surface area contributed by atoms with Crippen LogP contribution in [0.25, 0.3) is 10.8 Å². The molecule has 0 aliphatic carbocycles. The molecule has 3 rings (SSSR count). The number of fused-ring (bicyclic) bond motifs is 1. The zero-order valence-corrected chi connectivity index (χ0v) is 13.6. The van der Waals surface area contributed by atoms with Gasteiger partial charge in [0.25, 0.3) is 10.0 Å². The number of carbonyl (C=O) groups is 1. The molecule has 122 valence electrons. The van der Waals surface area contributed by atoms with E-state index in [1.54, 1.807) is 30.6 Å². The number of ether oxygens (including phenoxy) is 1. The molecule has 0 atom stereocenters. The normalized spacial score (nSPS) is 11.2. The maximum Gasteiger partial charge on any atom is 0.337 e. The molecule has 0 aliphatic rings. The Kier molecular flexibility index (Phi) is 4.18. The summed E-state index contributed by atoms with van der Waals surface area (Å²) in [6, 6.07) is 12.7. The number of benzene rings is 2. The third-order valence-electron chi connectivity index (χ3n) is 3.49. The first kappa shape index (κ1) is 15.9. The summed E-state index contributed by atoms with van der Waals surface area (Å²) in [5.41, 5.74) is 0.699. The summed E-state index contributed by atoms with van der Waals surface area (Å²) >= 11 is 0. The van der Waals surface area contributed by atoms with Gasteiger partial charge in [0.1, 0.15) is 0 Å². The van der Waals surface area contributed by atoms with E-state index in [0.29, 0.717) is 16.6 Å². The summed E-state index contributed by atoms with van der Waals surface area (Å²) < 4.78 is 32.5. The Hall–Kier alpha value is -2.93. The van der Waals surface area contributed by atoms with Gasteiger partial charge in [0.2, 0.25) is 0 Å². The molecule has 1 N–H and O–H groups in total. The summed E-state index contributed by atoms with van der Waals surface area (Å²) in [7, 11) is -2.49. The van der Waals surface area contributed by atoms with E-state index in [4.69, 9.17) is 0 Å². The van der Waals surface area contributed by atoms with E-state index in [1.807, 2.05) is 0 Å². The number of pyridine rings is 1. The lowest BCUT2D eigenvalue weighted by molar-refractivity contribution is 0.0601. The lowest BCUT2D eigenvalue weighted by Gasteiger charge is -2.10. The molecule has 0 fully saturated rings. The lowest BCUT2D eigenvalue weighted by atomic mass is 10.2. The van der Waals surface area contributed by atoms with Crippen LogP contribution in [0.2, 0.25) is 0 Å². The molecular weight excluding hydrogens is 328 g/mol. The van der Waals surface area contributed by atoms with E-state index >= 15 is 0 Å². The van der Waals surface area contributed by atoms with E-state index < -0.39 is 16.0 Å². The average Bonchev–Trinajstić information content (AvgIpc) is 2.61. The van der Waals surface area contributed by atoms with Crippen molar-refractivity contribution in [3.63, 3.8) is 0 Å². The number of sulfonamides is 1. The number of aromatic nitrogens is 1. The molecule has 0 radical (unpaired) electrons. The van der Waals surface area contributed by atoms with E-state index in [0.717, 1.165) is 5.39 Å². The minimum Gasteiger partial charge on any atom is -0.465 e. The molecule has 3 aromatic rings. The fourth-order valence-corrected chi connectivity index (χ4v) is 3.62. The van der Waals surface area contributed by atoms with Crippen LogP contribution in [0.3, 0.4) is 0 Å². The average molecular weight is 342 g/mol. The molecule has 6 nitrogen and oxygen atoms in total. The van der Waals surface area contributed by atoms with E-state index in [-0.39, 0.29) is 4.90 Å². The number of carbonyl (C=O) groups excluding carboxylic acids is 1. The Bertz CT molecular complexity index is 993. The van der Waals surface area contributed by atoms with Crippen LogP contribution in [0.1, 0.15) is 10.4 Å². The molecule has 0 aliphatic heterocycles. The van der Waals surface area contributed by atoms with Crippen molar-refractivity contribution in [1.29, 1.82) is 0 Å². The van der Waals surface area contributed by atoms with Crippen LogP contribution >= 0.6 is 0 Å². The van der Waals surface area contributed by atoms with Gasteiger partial charge in [-0.1, -0.05) is 12.1 Å². The molecule has 0 unspecified atom stereocenters. The molecule has 0 amide bonds. The number of rotatable bonds is 4. The number of nitrogens with zero attached hydrogens (tertiary/aromatic N) is 1. The van der Waals surface area contributed by atoms with Crippen molar-refractivity contribution in [3.05, 3.63) is 66.5 Å². The van der Waals surface area contributed by atoms with Crippen LogP contribution in [-0.2, 0) is 14.8 Å². The Morgan fingerprint density at radius 1 is 1.08 bits per heavy atom. The zero-order chi connectivity index (χ0) is 17.2. The summed E-state index contributed by atoms with van der Waals surface area (Å²) in [5, 5.41) is 1.33. The maximum atomic E-state index is 12.7. The fraction of sp³-hybridized carbons (Fsp3) is 0.0588. The van der Waals surface area contributed by atoms with Crippen LogP contribution in [0.5, 0.6) is 0 Å². The van der Waals surface area contributed by atoms with Crippen molar-refractivity contribution in [1.82, 2.24) is 4.98 Å². The van der Waals surface area contributed by atoms with Crippen LogP contribution in [0.15, 0.2) is 65.8 Å². The highest BCUT2D eigenvalue weighted by Gasteiger charge is 2.17. The van der Waals surface area contributed by atoms with Crippen LogP contribution < -0.4 is 4.72 Å². The van der Waals surface area contributed by atoms with Gasteiger partial charge in [0.15, 0.2) is 0 Å². The summed E-state index contributed by atoms with van der Waals surface area (Å²) in [5.74, 6) is -0.481. The number of hydrogen-bond donors (Lipinski definition) is 1. The van der Waals surface area contributed by atoms with Crippen LogP contribution in [-0.4, -0.2) is 26.5 Å². The molecule has 0 spiro atoms. The standard InChI is InChI=1S/C17H14N2O4S/c1-23-17(20)12-5-7-14(8-6-12)19-24(21,22)16-4-2-3-13-11-18-10-9-15(13)16/h2-11,19H,1H3. The van der Waals surface area contributed by atoms with E-state index in [1.165, 1.54) is 37.4 Å². The van der Waals surface area contributed by atoms with Gasteiger partial charge >= 0.3 is 5.97 Å². The predicted molar refractivity (Wildman–Crippen MR) is 90.3 cm³/mol.